The molecule has 0 heterocycles. The molecule has 46 heavy (non-hydrogen) atoms. The van der Waals surface area contributed by atoms with Crippen LogP contribution in [0.2, 0.25) is 0 Å². The molecule has 0 saturated carbocycles. The van der Waals surface area contributed by atoms with Crippen LogP contribution < -0.4 is 0 Å². The Morgan fingerprint density at radius 1 is 0.196 bits per heavy atom. The van der Waals surface area contributed by atoms with Gasteiger partial charge in [0.25, 0.3) is 0 Å². The van der Waals surface area contributed by atoms with Gasteiger partial charge in [-0.15, -0.1) is 0 Å². The fraction of sp³-hybridized carbons (Fsp3) is 0. The van der Waals surface area contributed by atoms with Gasteiger partial charge in [-0.3, -0.25) is 0 Å². The van der Waals surface area contributed by atoms with Gasteiger partial charge in [0.05, 0.1) is 0 Å². The summed E-state index contributed by atoms with van der Waals surface area (Å²) in [6.45, 7) is 0. The predicted molar refractivity (Wildman–Crippen MR) is 198 cm³/mol. The third-order valence-electron chi connectivity index (χ3n) is 9.40. The van der Waals surface area contributed by atoms with E-state index in [-0.39, 0.29) is 0 Å². The Labute approximate surface area is 268 Å². The van der Waals surface area contributed by atoms with Gasteiger partial charge in [-0.2, -0.15) is 0 Å². The molecule has 0 fully saturated rings. The number of fused-ring (bicyclic) bond motifs is 4. The summed E-state index contributed by atoms with van der Waals surface area (Å²) in [6, 6.07) is 66.5. The van der Waals surface area contributed by atoms with E-state index in [0.29, 0.717) is 0 Å². The summed E-state index contributed by atoms with van der Waals surface area (Å²) in [5.74, 6) is 0. The molecular formula is C46H30. The second-order valence-electron chi connectivity index (χ2n) is 12.1. The Morgan fingerprint density at radius 3 is 1.07 bits per heavy atom. The van der Waals surface area contributed by atoms with Crippen molar-refractivity contribution < 1.29 is 0 Å². The van der Waals surface area contributed by atoms with Gasteiger partial charge in [0.1, 0.15) is 0 Å². The number of hydrogen-bond donors (Lipinski definition) is 0. The van der Waals surface area contributed by atoms with E-state index < -0.39 is 0 Å². The molecule has 9 rings (SSSR count). The first-order chi connectivity index (χ1) is 22.8. The maximum absolute atomic E-state index is 2.36. The number of benzene rings is 9. The highest BCUT2D eigenvalue weighted by molar-refractivity contribution is 6.21. The molecule has 0 aliphatic rings. The van der Waals surface area contributed by atoms with Gasteiger partial charge < -0.3 is 0 Å². The van der Waals surface area contributed by atoms with E-state index in [9.17, 15) is 0 Å². The summed E-state index contributed by atoms with van der Waals surface area (Å²) in [6.07, 6.45) is 0. The zero-order valence-corrected chi connectivity index (χ0v) is 25.3. The van der Waals surface area contributed by atoms with E-state index >= 15 is 0 Å². The van der Waals surface area contributed by atoms with Crippen molar-refractivity contribution in [3.8, 4) is 44.5 Å². The molecule has 0 N–H and O–H groups in total. The lowest BCUT2D eigenvalue weighted by Gasteiger charge is -2.18. The Morgan fingerprint density at radius 2 is 0.543 bits per heavy atom. The lowest BCUT2D eigenvalue weighted by molar-refractivity contribution is 1.63. The zero-order chi connectivity index (χ0) is 30.5. The molecule has 0 unspecified atom stereocenters. The summed E-state index contributed by atoms with van der Waals surface area (Å²) < 4.78 is 0. The minimum atomic E-state index is 1.23. The predicted octanol–water partition coefficient (Wildman–Crippen LogP) is 13.0. The zero-order valence-electron chi connectivity index (χ0n) is 25.3. The van der Waals surface area contributed by atoms with Gasteiger partial charge in [0, 0.05) is 0 Å². The Balaban J connectivity index is 1.16. The van der Waals surface area contributed by atoms with Crippen molar-refractivity contribution in [1.29, 1.82) is 0 Å². The van der Waals surface area contributed by atoms with E-state index in [4.69, 9.17) is 0 Å². The molecule has 9 aromatic carbocycles. The standard InChI is InChI=1S/C46H30/c1-3-11-31(12-4-1)34-21-19-32-20-22-38(30-40(32)29-34)35-23-24-37-28-39(26-25-36(37)27-35)46-43-17-9-7-15-41(43)45(33-13-5-2-6-14-33)42-16-8-10-18-44(42)46/h1-30H. The Hall–Kier alpha value is -5.98. The summed E-state index contributed by atoms with van der Waals surface area (Å²) in [7, 11) is 0. The smallest absolute Gasteiger partial charge is 0.00262 e. The molecule has 0 aliphatic carbocycles. The van der Waals surface area contributed by atoms with Crippen molar-refractivity contribution >= 4 is 43.1 Å². The second-order valence-corrected chi connectivity index (χ2v) is 12.1. The van der Waals surface area contributed by atoms with Gasteiger partial charge in [-0.1, -0.05) is 158 Å². The molecule has 9 aromatic rings. The quantitative estimate of drug-likeness (QED) is 0.181. The fourth-order valence-electron chi connectivity index (χ4n) is 7.17. The molecule has 0 saturated heterocycles. The van der Waals surface area contributed by atoms with Crippen LogP contribution in [0.5, 0.6) is 0 Å². The largest absolute Gasteiger partial charge is 0.0622 e. The van der Waals surface area contributed by atoms with Crippen LogP contribution in [0.4, 0.5) is 0 Å². The minimum absolute atomic E-state index is 1.23. The lowest BCUT2D eigenvalue weighted by atomic mass is 9.85. The molecular weight excluding hydrogens is 553 g/mol. The monoisotopic (exact) mass is 582 g/mol. The Bertz CT molecular complexity index is 2500. The highest BCUT2D eigenvalue weighted by Gasteiger charge is 2.16. The van der Waals surface area contributed by atoms with Crippen LogP contribution in [0.1, 0.15) is 0 Å². The van der Waals surface area contributed by atoms with E-state index in [1.165, 1.54) is 87.6 Å². The summed E-state index contributed by atoms with van der Waals surface area (Å²) in [4.78, 5) is 0. The normalized spacial score (nSPS) is 11.5. The molecule has 214 valence electrons. The molecule has 0 aromatic heterocycles. The molecule has 0 aliphatic heterocycles. The average molecular weight is 583 g/mol. The van der Waals surface area contributed by atoms with Crippen LogP contribution in [-0.4, -0.2) is 0 Å². The van der Waals surface area contributed by atoms with Gasteiger partial charge >= 0.3 is 0 Å². The number of hydrogen-bond acceptors (Lipinski definition) is 0. The lowest BCUT2D eigenvalue weighted by Crippen LogP contribution is -1.90. The van der Waals surface area contributed by atoms with Crippen LogP contribution in [0.3, 0.4) is 0 Å². The van der Waals surface area contributed by atoms with Gasteiger partial charge in [-0.05, 0) is 112 Å². The maximum atomic E-state index is 2.36. The molecule has 0 nitrogen and oxygen atoms in total. The van der Waals surface area contributed by atoms with E-state index in [0.717, 1.165) is 0 Å². The first-order valence-corrected chi connectivity index (χ1v) is 15.9. The van der Waals surface area contributed by atoms with E-state index in [2.05, 4.69) is 182 Å². The van der Waals surface area contributed by atoms with Gasteiger partial charge in [-0.25, -0.2) is 0 Å². The second kappa shape index (κ2) is 10.9. The summed E-state index contributed by atoms with van der Waals surface area (Å²) in [5, 5.41) is 10.1. The molecule has 0 atom stereocenters. The van der Waals surface area contributed by atoms with Crippen LogP contribution in [-0.2, 0) is 0 Å². The van der Waals surface area contributed by atoms with Crippen molar-refractivity contribution in [2.75, 3.05) is 0 Å². The fourth-order valence-corrected chi connectivity index (χ4v) is 7.17. The molecule has 0 bridgehead atoms. The first kappa shape index (κ1) is 26.4. The maximum Gasteiger partial charge on any atom is -0.00262 e. The third kappa shape index (κ3) is 4.47. The molecule has 0 heteroatoms. The van der Waals surface area contributed by atoms with Crippen molar-refractivity contribution in [1.82, 2.24) is 0 Å². The Kier molecular flexibility index (Phi) is 6.25. The summed E-state index contributed by atoms with van der Waals surface area (Å²) >= 11 is 0. The molecule has 0 amide bonds. The van der Waals surface area contributed by atoms with Crippen molar-refractivity contribution in [3.05, 3.63) is 182 Å². The van der Waals surface area contributed by atoms with Crippen molar-refractivity contribution in [3.63, 3.8) is 0 Å². The van der Waals surface area contributed by atoms with Crippen molar-refractivity contribution in [2.24, 2.45) is 0 Å². The highest BCUT2D eigenvalue weighted by Crippen LogP contribution is 2.44. The SMILES string of the molecule is c1ccc(-c2ccc3ccc(-c4ccc5cc(-c6c7ccccc7c(-c7ccccc7)c7ccccc67)ccc5c4)cc3c2)cc1. The van der Waals surface area contributed by atoms with Gasteiger partial charge in [0.15, 0.2) is 0 Å². The van der Waals surface area contributed by atoms with E-state index in [1.807, 2.05) is 0 Å². The van der Waals surface area contributed by atoms with Gasteiger partial charge in [0.2, 0.25) is 0 Å². The molecule has 0 radical (unpaired) electrons. The van der Waals surface area contributed by atoms with Crippen LogP contribution in [0.15, 0.2) is 182 Å². The highest BCUT2D eigenvalue weighted by atomic mass is 14.2. The minimum Gasteiger partial charge on any atom is -0.0622 e. The average Bonchev–Trinajstić information content (AvgIpc) is 3.13. The first-order valence-electron chi connectivity index (χ1n) is 15.9. The van der Waals surface area contributed by atoms with Crippen LogP contribution in [0.25, 0.3) is 87.6 Å². The number of rotatable bonds is 4. The van der Waals surface area contributed by atoms with Crippen LogP contribution in [0, 0.1) is 0 Å². The van der Waals surface area contributed by atoms with Crippen LogP contribution >= 0.6 is 0 Å². The van der Waals surface area contributed by atoms with Crippen molar-refractivity contribution in [2.45, 2.75) is 0 Å². The van der Waals surface area contributed by atoms with E-state index in [1.54, 1.807) is 0 Å². The third-order valence-corrected chi connectivity index (χ3v) is 9.40. The topological polar surface area (TPSA) is 0 Å². The summed E-state index contributed by atoms with van der Waals surface area (Å²) in [5.41, 5.74) is 10.0. The molecule has 0 spiro atoms.